The largest absolute Gasteiger partial charge is 0.484 e. The van der Waals surface area contributed by atoms with E-state index in [4.69, 9.17) is 14.9 Å². The Hall–Kier alpha value is -2.68. The number of ether oxygens (including phenoxy) is 1. The molecule has 0 heterocycles. The van der Waals surface area contributed by atoms with Crippen LogP contribution in [0, 0.1) is 10.1 Å². The van der Waals surface area contributed by atoms with Crippen LogP contribution in [-0.2, 0) is 9.59 Å². The summed E-state index contributed by atoms with van der Waals surface area (Å²) in [6.07, 6.45) is -0.112. The molecule has 0 radical (unpaired) electrons. The van der Waals surface area contributed by atoms with Crippen LogP contribution in [0.4, 0.5) is 5.69 Å². The van der Waals surface area contributed by atoms with Gasteiger partial charge < -0.3 is 20.3 Å². The van der Waals surface area contributed by atoms with Gasteiger partial charge in [-0.3, -0.25) is 14.9 Å². The normalized spacial score (nSPS) is 11.5. The van der Waals surface area contributed by atoms with Gasteiger partial charge in [0.25, 0.3) is 11.6 Å². The van der Waals surface area contributed by atoms with E-state index in [1.165, 1.54) is 24.3 Å². The molecule has 1 aromatic carbocycles. The first-order valence-corrected chi connectivity index (χ1v) is 5.94. The van der Waals surface area contributed by atoms with Gasteiger partial charge in [0.15, 0.2) is 6.61 Å². The Labute approximate surface area is 119 Å². The molecule has 0 aliphatic carbocycles. The summed E-state index contributed by atoms with van der Waals surface area (Å²) in [5.74, 6) is -1.69. The molecule has 0 bridgehead atoms. The van der Waals surface area contributed by atoms with E-state index in [1.807, 2.05) is 0 Å². The fourth-order valence-electron chi connectivity index (χ4n) is 1.44. The number of carbonyl (C=O) groups excluding carboxylic acids is 1. The molecule has 0 saturated heterocycles. The standard InChI is InChI=1S/C12H14N2O7/c15-6-5-10(12(17)18)13-11(16)7-21-9-3-1-8(2-4-9)14(19)20/h1-4,10,15H,5-7H2,(H,13,16)(H,17,18)/t10-/m0/s1. The van der Waals surface area contributed by atoms with Gasteiger partial charge in [0.2, 0.25) is 0 Å². The van der Waals surface area contributed by atoms with Crippen molar-refractivity contribution >= 4 is 17.6 Å². The van der Waals surface area contributed by atoms with Gasteiger partial charge in [-0.25, -0.2) is 4.79 Å². The molecule has 0 spiro atoms. The first-order valence-electron chi connectivity index (χ1n) is 5.94. The first kappa shape index (κ1) is 16.4. The number of hydrogen-bond acceptors (Lipinski definition) is 6. The highest BCUT2D eigenvalue weighted by molar-refractivity contribution is 5.84. The zero-order valence-corrected chi connectivity index (χ0v) is 10.9. The number of non-ortho nitro benzene ring substituents is 1. The molecule has 0 unspecified atom stereocenters. The number of amides is 1. The average Bonchev–Trinajstić information content (AvgIpc) is 2.45. The third-order valence-corrected chi connectivity index (χ3v) is 2.47. The number of nitro groups is 1. The number of rotatable bonds is 8. The Bertz CT molecular complexity index is 515. The fourth-order valence-corrected chi connectivity index (χ4v) is 1.44. The van der Waals surface area contributed by atoms with E-state index in [9.17, 15) is 19.7 Å². The molecule has 21 heavy (non-hydrogen) atoms. The van der Waals surface area contributed by atoms with Crippen LogP contribution in [0.1, 0.15) is 6.42 Å². The maximum absolute atomic E-state index is 11.5. The number of aliphatic hydroxyl groups excluding tert-OH is 1. The van der Waals surface area contributed by atoms with E-state index in [0.29, 0.717) is 0 Å². The summed E-state index contributed by atoms with van der Waals surface area (Å²) >= 11 is 0. The highest BCUT2D eigenvalue weighted by atomic mass is 16.6. The van der Waals surface area contributed by atoms with Crippen LogP contribution in [0.25, 0.3) is 0 Å². The summed E-state index contributed by atoms with van der Waals surface area (Å²) < 4.78 is 5.07. The van der Waals surface area contributed by atoms with E-state index in [0.717, 1.165) is 0 Å². The Morgan fingerprint density at radius 2 is 1.95 bits per heavy atom. The van der Waals surface area contributed by atoms with Crippen LogP contribution in [0.5, 0.6) is 5.75 Å². The third kappa shape index (κ3) is 5.45. The molecule has 1 aromatic rings. The monoisotopic (exact) mass is 298 g/mol. The van der Waals surface area contributed by atoms with Gasteiger partial charge in [0.1, 0.15) is 11.8 Å². The minimum Gasteiger partial charge on any atom is -0.484 e. The highest BCUT2D eigenvalue weighted by Gasteiger charge is 2.19. The third-order valence-electron chi connectivity index (χ3n) is 2.47. The van der Waals surface area contributed by atoms with Crippen molar-refractivity contribution in [3.63, 3.8) is 0 Å². The van der Waals surface area contributed by atoms with Crippen molar-refractivity contribution in [2.75, 3.05) is 13.2 Å². The number of nitro benzene ring substituents is 1. The number of carboxylic acid groups (broad SMARTS) is 1. The second-order valence-corrected chi connectivity index (χ2v) is 4.01. The van der Waals surface area contributed by atoms with Gasteiger partial charge in [-0.05, 0) is 12.1 Å². The van der Waals surface area contributed by atoms with Crippen LogP contribution < -0.4 is 10.1 Å². The van der Waals surface area contributed by atoms with Gasteiger partial charge >= 0.3 is 5.97 Å². The number of benzene rings is 1. The summed E-state index contributed by atoms with van der Waals surface area (Å²) in [6, 6.07) is 3.91. The molecule has 0 saturated carbocycles. The lowest BCUT2D eigenvalue weighted by Crippen LogP contribution is -2.43. The Kier molecular flexibility index (Phi) is 6.08. The lowest BCUT2D eigenvalue weighted by Gasteiger charge is -2.13. The number of nitrogens with zero attached hydrogens (tertiary/aromatic N) is 1. The second kappa shape index (κ2) is 7.80. The number of aliphatic carboxylic acids is 1. The molecule has 0 aliphatic heterocycles. The molecule has 114 valence electrons. The molecule has 9 nitrogen and oxygen atoms in total. The lowest BCUT2D eigenvalue weighted by atomic mass is 10.2. The van der Waals surface area contributed by atoms with Crippen molar-refractivity contribution in [1.29, 1.82) is 0 Å². The van der Waals surface area contributed by atoms with Crippen molar-refractivity contribution in [1.82, 2.24) is 5.32 Å². The molecular weight excluding hydrogens is 284 g/mol. The topological polar surface area (TPSA) is 139 Å². The molecular formula is C12H14N2O7. The van der Waals surface area contributed by atoms with E-state index >= 15 is 0 Å². The van der Waals surface area contributed by atoms with Crippen molar-refractivity contribution in [2.24, 2.45) is 0 Å². The van der Waals surface area contributed by atoms with Crippen LogP contribution >= 0.6 is 0 Å². The van der Waals surface area contributed by atoms with E-state index < -0.39 is 29.4 Å². The van der Waals surface area contributed by atoms with E-state index in [-0.39, 0.29) is 24.5 Å². The Morgan fingerprint density at radius 1 is 1.33 bits per heavy atom. The summed E-state index contributed by atoms with van der Waals surface area (Å²) in [4.78, 5) is 32.1. The molecule has 1 rings (SSSR count). The molecule has 0 fully saturated rings. The van der Waals surface area contributed by atoms with Gasteiger partial charge in [0.05, 0.1) is 4.92 Å². The van der Waals surface area contributed by atoms with Crippen molar-refractivity contribution < 1.29 is 29.5 Å². The summed E-state index contributed by atoms with van der Waals surface area (Å²) in [5, 5.41) is 30.1. The smallest absolute Gasteiger partial charge is 0.326 e. The molecule has 0 aromatic heterocycles. The number of carbonyl (C=O) groups is 2. The Morgan fingerprint density at radius 3 is 2.43 bits per heavy atom. The van der Waals surface area contributed by atoms with Crippen LogP contribution in [0.3, 0.4) is 0 Å². The fraction of sp³-hybridized carbons (Fsp3) is 0.333. The predicted molar refractivity (Wildman–Crippen MR) is 69.9 cm³/mol. The number of nitrogens with one attached hydrogen (secondary N) is 1. The van der Waals surface area contributed by atoms with Gasteiger partial charge in [-0.1, -0.05) is 0 Å². The number of carboxylic acids is 1. The molecule has 1 amide bonds. The maximum atomic E-state index is 11.5. The highest BCUT2D eigenvalue weighted by Crippen LogP contribution is 2.17. The minimum atomic E-state index is -1.26. The Balaban J connectivity index is 2.48. The maximum Gasteiger partial charge on any atom is 0.326 e. The summed E-state index contributed by atoms with van der Waals surface area (Å²) in [7, 11) is 0. The zero-order valence-electron chi connectivity index (χ0n) is 10.9. The SMILES string of the molecule is O=C(COc1ccc([N+](=O)[O-])cc1)N[C@@H](CCO)C(=O)O. The molecule has 9 heteroatoms. The predicted octanol–water partition coefficient (Wildman–Crippen LogP) is -0.0746. The van der Waals surface area contributed by atoms with Gasteiger partial charge in [-0.2, -0.15) is 0 Å². The van der Waals surface area contributed by atoms with Crippen molar-refractivity contribution in [2.45, 2.75) is 12.5 Å². The minimum absolute atomic E-state index is 0.110. The molecule has 0 aliphatic rings. The number of aliphatic hydroxyl groups is 1. The van der Waals surface area contributed by atoms with Crippen molar-refractivity contribution in [3.8, 4) is 5.75 Å². The van der Waals surface area contributed by atoms with Crippen LogP contribution in [-0.4, -0.2) is 46.3 Å². The lowest BCUT2D eigenvalue weighted by molar-refractivity contribution is -0.384. The number of hydrogen-bond donors (Lipinski definition) is 3. The van der Waals surface area contributed by atoms with Crippen LogP contribution in [0.2, 0.25) is 0 Å². The zero-order chi connectivity index (χ0) is 15.8. The molecule has 3 N–H and O–H groups in total. The molecule has 1 atom stereocenters. The average molecular weight is 298 g/mol. The van der Waals surface area contributed by atoms with Crippen molar-refractivity contribution in [3.05, 3.63) is 34.4 Å². The second-order valence-electron chi connectivity index (χ2n) is 4.01. The van der Waals surface area contributed by atoms with Gasteiger partial charge in [0, 0.05) is 25.2 Å². The summed E-state index contributed by atoms with van der Waals surface area (Å²) in [6.45, 7) is -0.812. The first-order chi connectivity index (χ1) is 9.93. The summed E-state index contributed by atoms with van der Waals surface area (Å²) in [5.41, 5.74) is -0.110. The van der Waals surface area contributed by atoms with Crippen LogP contribution in [0.15, 0.2) is 24.3 Å². The van der Waals surface area contributed by atoms with E-state index in [2.05, 4.69) is 5.32 Å². The van der Waals surface area contributed by atoms with Gasteiger partial charge in [-0.15, -0.1) is 0 Å². The van der Waals surface area contributed by atoms with E-state index in [1.54, 1.807) is 0 Å². The quantitative estimate of drug-likeness (QED) is 0.450.